The summed E-state index contributed by atoms with van der Waals surface area (Å²) >= 11 is 0. The van der Waals surface area contributed by atoms with Gasteiger partial charge in [0.05, 0.1) is 0 Å². The highest BCUT2D eigenvalue weighted by atomic mass is 15.2. The van der Waals surface area contributed by atoms with E-state index in [1.807, 2.05) is 6.20 Å². The molecular formula is C14H23N3. The van der Waals surface area contributed by atoms with Crippen molar-refractivity contribution in [2.45, 2.75) is 33.6 Å². The highest BCUT2D eigenvalue weighted by Gasteiger charge is 2.29. The van der Waals surface area contributed by atoms with Crippen molar-refractivity contribution in [1.82, 2.24) is 4.98 Å². The molecule has 1 aliphatic rings. The van der Waals surface area contributed by atoms with Crippen molar-refractivity contribution >= 4 is 11.5 Å². The van der Waals surface area contributed by atoms with Crippen LogP contribution in [0.2, 0.25) is 0 Å². The number of pyridine rings is 1. The molecule has 3 heteroatoms. The Hall–Kier alpha value is -1.25. The minimum absolute atomic E-state index is 0.445. The first-order valence-corrected chi connectivity index (χ1v) is 6.55. The molecule has 1 N–H and O–H groups in total. The first kappa shape index (κ1) is 12.2. The summed E-state index contributed by atoms with van der Waals surface area (Å²) in [7, 11) is 0. The van der Waals surface area contributed by atoms with Crippen molar-refractivity contribution in [3.63, 3.8) is 0 Å². The van der Waals surface area contributed by atoms with E-state index < -0.39 is 0 Å². The third kappa shape index (κ3) is 3.11. The zero-order valence-electron chi connectivity index (χ0n) is 11.2. The lowest BCUT2D eigenvalue weighted by molar-refractivity contribution is 0.418. The van der Waals surface area contributed by atoms with E-state index in [-0.39, 0.29) is 0 Å². The fraction of sp³-hybridized carbons (Fsp3) is 0.643. The molecule has 1 fully saturated rings. The number of hydrogen-bond acceptors (Lipinski definition) is 3. The second-order valence-electron chi connectivity index (χ2n) is 5.66. The van der Waals surface area contributed by atoms with Crippen LogP contribution in [-0.4, -0.2) is 24.6 Å². The summed E-state index contributed by atoms with van der Waals surface area (Å²) in [6.07, 6.45) is 4.30. The van der Waals surface area contributed by atoms with Gasteiger partial charge in [0.1, 0.15) is 5.82 Å². The summed E-state index contributed by atoms with van der Waals surface area (Å²) in [4.78, 5) is 6.80. The van der Waals surface area contributed by atoms with Gasteiger partial charge in [0.25, 0.3) is 0 Å². The van der Waals surface area contributed by atoms with E-state index in [1.54, 1.807) is 0 Å². The minimum Gasteiger partial charge on any atom is -0.371 e. The molecule has 17 heavy (non-hydrogen) atoms. The van der Waals surface area contributed by atoms with Gasteiger partial charge in [0, 0.05) is 37.6 Å². The molecule has 0 spiro atoms. The lowest BCUT2D eigenvalue weighted by atomic mass is 9.93. The molecule has 0 amide bonds. The van der Waals surface area contributed by atoms with Gasteiger partial charge in [-0.25, -0.2) is 4.98 Å². The van der Waals surface area contributed by atoms with Crippen molar-refractivity contribution in [3.05, 3.63) is 18.3 Å². The second kappa shape index (κ2) is 4.94. The van der Waals surface area contributed by atoms with E-state index in [0.29, 0.717) is 5.41 Å². The Morgan fingerprint density at radius 1 is 1.47 bits per heavy atom. The summed E-state index contributed by atoms with van der Waals surface area (Å²) in [5.74, 6) is 0.994. The predicted molar refractivity (Wildman–Crippen MR) is 73.6 cm³/mol. The average Bonchev–Trinajstić information content (AvgIpc) is 2.67. The molecule has 0 aromatic carbocycles. The molecule has 0 radical (unpaired) electrons. The first-order valence-electron chi connectivity index (χ1n) is 6.55. The largest absolute Gasteiger partial charge is 0.371 e. The quantitative estimate of drug-likeness (QED) is 0.866. The molecule has 1 aromatic heterocycles. The van der Waals surface area contributed by atoms with E-state index in [4.69, 9.17) is 0 Å². The highest BCUT2D eigenvalue weighted by molar-refractivity contribution is 5.54. The van der Waals surface area contributed by atoms with Gasteiger partial charge in [-0.15, -0.1) is 0 Å². The summed E-state index contributed by atoms with van der Waals surface area (Å²) in [6, 6.07) is 4.27. The van der Waals surface area contributed by atoms with Gasteiger partial charge in [0.15, 0.2) is 0 Å². The fourth-order valence-electron chi connectivity index (χ4n) is 2.30. The maximum absolute atomic E-state index is 4.35. The Labute approximate surface area is 104 Å². The number of aromatic nitrogens is 1. The van der Waals surface area contributed by atoms with Crippen LogP contribution in [0.15, 0.2) is 18.3 Å². The molecule has 1 aliphatic heterocycles. The van der Waals surface area contributed by atoms with Gasteiger partial charge in [0.2, 0.25) is 0 Å². The molecule has 0 unspecified atom stereocenters. The fourth-order valence-corrected chi connectivity index (χ4v) is 2.30. The Balaban J connectivity index is 2.06. The zero-order chi connectivity index (χ0) is 12.3. The Morgan fingerprint density at radius 2 is 2.29 bits per heavy atom. The lowest BCUT2D eigenvalue weighted by Crippen LogP contribution is -2.22. The highest BCUT2D eigenvalue weighted by Crippen LogP contribution is 2.32. The average molecular weight is 233 g/mol. The van der Waals surface area contributed by atoms with Gasteiger partial charge in [-0.1, -0.05) is 20.8 Å². The molecule has 0 saturated carbocycles. The molecule has 0 bridgehead atoms. The number of nitrogens with zero attached hydrogens (tertiary/aromatic N) is 2. The third-order valence-corrected chi connectivity index (χ3v) is 3.34. The maximum atomic E-state index is 4.35. The normalized spacial score (nSPS) is 18.4. The van der Waals surface area contributed by atoms with Gasteiger partial charge >= 0.3 is 0 Å². The van der Waals surface area contributed by atoms with Crippen LogP contribution in [0.25, 0.3) is 0 Å². The van der Waals surface area contributed by atoms with Crippen LogP contribution in [0.4, 0.5) is 11.5 Å². The second-order valence-corrected chi connectivity index (χ2v) is 5.66. The monoisotopic (exact) mass is 233 g/mol. The SMILES string of the molecule is CCCNc1cc(N2CCC(C)(C)C2)ccn1. The predicted octanol–water partition coefficient (Wildman–Crippen LogP) is 3.14. The Kier molecular flexibility index (Phi) is 3.55. The van der Waals surface area contributed by atoms with Gasteiger partial charge in [-0.05, 0) is 24.3 Å². The summed E-state index contributed by atoms with van der Waals surface area (Å²) < 4.78 is 0. The van der Waals surface area contributed by atoms with Crippen LogP contribution in [-0.2, 0) is 0 Å². The Morgan fingerprint density at radius 3 is 2.94 bits per heavy atom. The van der Waals surface area contributed by atoms with Gasteiger partial charge < -0.3 is 10.2 Å². The van der Waals surface area contributed by atoms with Crippen LogP contribution >= 0.6 is 0 Å². The van der Waals surface area contributed by atoms with Gasteiger partial charge in [-0.3, -0.25) is 0 Å². The van der Waals surface area contributed by atoms with Crippen molar-refractivity contribution in [2.75, 3.05) is 29.9 Å². The van der Waals surface area contributed by atoms with Crippen LogP contribution in [0, 0.1) is 5.41 Å². The van der Waals surface area contributed by atoms with E-state index in [1.165, 1.54) is 12.1 Å². The van der Waals surface area contributed by atoms with Crippen LogP contribution in [0.3, 0.4) is 0 Å². The van der Waals surface area contributed by atoms with Crippen molar-refractivity contribution < 1.29 is 0 Å². The van der Waals surface area contributed by atoms with Crippen LogP contribution < -0.4 is 10.2 Å². The zero-order valence-corrected chi connectivity index (χ0v) is 11.2. The number of nitrogens with one attached hydrogen (secondary N) is 1. The standard InChI is InChI=1S/C14H23N3/c1-4-7-15-13-10-12(5-8-16-13)17-9-6-14(2,3)11-17/h5,8,10H,4,6-7,9,11H2,1-3H3,(H,15,16). The Bertz CT molecular complexity index is 373. The molecule has 94 valence electrons. The minimum atomic E-state index is 0.445. The molecule has 2 rings (SSSR count). The molecular weight excluding hydrogens is 210 g/mol. The summed E-state index contributed by atoms with van der Waals surface area (Å²) in [5, 5.41) is 3.34. The van der Waals surface area contributed by atoms with E-state index in [0.717, 1.165) is 31.9 Å². The third-order valence-electron chi connectivity index (χ3n) is 3.34. The number of rotatable bonds is 4. The molecule has 2 heterocycles. The van der Waals surface area contributed by atoms with E-state index >= 15 is 0 Å². The van der Waals surface area contributed by atoms with Crippen LogP contribution in [0.5, 0.6) is 0 Å². The number of anilines is 2. The lowest BCUT2D eigenvalue weighted by Gasteiger charge is -2.22. The van der Waals surface area contributed by atoms with Crippen molar-refractivity contribution in [1.29, 1.82) is 0 Å². The number of hydrogen-bond donors (Lipinski definition) is 1. The molecule has 1 aromatic rings. The smallest absolute Gasteiger partial charge is 0.127 e. The van der Waals surface area contributed by atoms with Crippen LogP contribution in [0.1, 0.15) is 33.6 Å². The summed E-state index contributed by atoms with van der Waals surface area (Å²) in [5.41, 5.74) is 1.74. The topological polar surface area (TPSA) is 28.2 Å². The van der Waals surface area contributed by atoms with E-state index in [2.05, 4.69) is 48.1 Å². The molecule has 3 nitrogen and oxygen atoms in total. The van der Waals surface area contributed by atoms with Gasteiger partial charge in [-0.2, -0.15) is 0 Å². The molecule has 0 aliphatic carbocycles. The van der Waals surface area contributed by atoms with Crippen molar-refractivity contribution in [2.24, 2.45) is 5.41 Å². The first-order chi connectivity index (χ1) is 8.11. The summed E-state index contributed by atoms with van der Waals surface area (Å²) in [6.45, 7) is 10.1. The molecule has 0 atom stereocenters. The maximum Gasteiger partial charge on any atom is 0.127 e. The van der Waals surface area contributed by atoms with E-state index in [9.17, 15) is 0 Å². The van der Waals surface area contributed by atoms with Crippen molar-refractivity contribution in [3.8, 4) is 0 Å². The molecule has 1 saturated heterocycles.